The molecule has 0 aliphatic heterocycles. The van der Waals surface area contributed by atoms with E-state index in [-0.39, 0.29) is 33.8 Å². The summed E-state index contributed by atoms with van der Waals surface area (Å²) >= 11 is 0. The van der Waals surface area contributed by atoms with Gasteiger partial charge in [-0.3, -0.25) is 4.79 Å². The molecule has 8 heteroatoms. The number of anilines is 1. The molecule has 2 aromatic carbocycles. The number of halogens is 2. The van der Waals surface area contributed by atoms with E-state index in [2.05, 4.69) is 15.5 Å². The van der Waals surface area contributed by atoms with E-state index >= 15 is 0 Å². The molecule has 0 fully saturated rings. The Labute approximate surface area is 148 Å². The molecule has 3 N–H and O–H groups in total. The molecule has 0 aliphatic rings. The molecule has 0 bridgehead atoms. The summed E-state index contributed by atoms with van der Waals surface area (Å²) in [5, 5.41) is 10.7. The molecule has 0 radical (unpaired) electrons. The molecule has 0 saturated carbocycles. The van der Waals surface area contributed by atoms with Gasteiger partial charge in [0.1, 0.15) is 22.9 Å². The smallest absolute Gasteiger partial charge is 0.273 e. The van der Waals surface area contributed by atoms with Gasteiger partial charge in [-0.05, 0) is 37.3 Å². The summed E-state index contributed by atoms with van der Waals surface area (Å²) < 4.78 is 33.5. The Morgan fingerprint density at radius 1 is 1.23 bits per heavy atom. The maximum atomic E-state index is 14.6. The topological polar surface area (TPSA) is 90.1 Å². The van der Waals surface area contributed by atoms with Gasteiger partial charge >= 0.3 is 0 Å². The SMILES string of the molecule is CCNC(=O)c1nnc2c(-c3cc(F)ccc3OC)c(F)ccc2c1N. The first-order chi connectivity index (χ1) is 12.5. The van der Waals surface area contributed by atoms with Crippen molar-refractivity contribution in [3.05, 3.63) is 47.7 Å². The number of nitrogens with zero attached hydrogens (tertiary/aromatic N) is 2. The Morgan fingerprint density at radius 2 is 2.00 bits per heavy atom. The number of aromatic nitrogens is 2. The third-order valence-corrected chi connectivity index (χ3v) is 3.91. The van der Waals surface area contributed by atoms with Crippen molar-refractivity contribution >= 4 is 22.5 Å². The molecular formula is C18H16F2N4O2. The monoisotopic (exact) mass is 358 g/mol. The van der Waals surface area contributed by atoms with E-state index in [1.807, 2.05) is 0 Å². The fourth-order valence-corrected chi connectivity index (χ4v) is 2.71. The normalized spacial score (nSPS) is 10.8. The lowest BCUT2D eigenvalue weighted by atomic mass is 9.99. The zero-order valence-electron chi connectivity index (χ0n) is 14.1. The molecule has 0 saturated heterocycles. The van der Waals surface area contributed by atoms with Gasteiger partial charge in [0, 0.05) is 23.1 Å². The van der Waals surface area contributed by atoms with Gasteiger partial charge in [0.05, 0.1) is 12.8 Å². The van der Waals surface area contributed by atoms with Gasteiger partial charge in [0.15, 0.2) is 5.69 Å². The first-order valence-electron chi connectivity index (χ1n) is 7.84. The zero-order valence-corrected chi connectivity index (χ0v) is 14.1. The fraction of sp³-hybridized carbons (Fsp3) is 0.167. The van der Waals surface area contributed by atoms with Crippen LogP contribution >= 0.6 is 0 Å². The molecule has 0 aliphatic carbocycles. The fourth-order valence-electron chi connectivity index (χ4n) is 2.71. The van der Waals surface area contributed by atoms with Crippen molar-refractivity contribution < 1.29 is 18.3 Å². The van der Waals surface area contributed by atoms with Crippen LogP contribution in [0.4, 0.5) is 14.5 Å². The number of hydrogen-bond acceptors (Lipinski definition) is 5. The number of nitrogens with two attached hydrogens (primary N) is 1. The third-order valence-electron chi connectivity index (χ3n) is 3.91. The Hall–Kier alpha value is -3.29. The van der Waals surface area contributed by atoms with Crippen molar-refractivity contribution in [3.63, 3.8) is 0 Å². The van der Waals surface area contributed by atoms with Crippen LogP contribution in [0.15, 0.2) is 30.3 Å². The number of methoxy groups -OCH3 is 1. The molecule has 0 unspecified atom stereocenters. The number of fused-ring (bicyclic) bond motifs is 1. The van der Waals surface area contributed by atoms with Crippen molar-refractivity contribution in [1.29, 1.82) is 0 Å². The predicted octanol–water partition coefficient (Wildman–Crippen LogP) is 2.92. The van der Waals surface area contributed by atoms with Crippen LogP contribution in [-0.4, -0.2) is 29.8 Å². The number of benzene rings is 2. The summed E-state index contributed by atoms with van der Waals surface area (Å²) in [5.41, 5.74) is 6.36. The molecule has 134 valence electrons. The molecule has 1 amide bonds. The number of hydrogen-bond donors (Lipinski definition) is 2. The largest absolute Gasteiger partial charge is 0.496 e. The maximum Gasteiger partial charge on any atom is 0.273 e. The number of carbonyl (C=O) groups is 1. The molecule has 0 spiro atoms. The maximum absolute atomic E-state index is 14.6. The highest BCUT2D eigenvalue weighted by Gasteiger charge is 2.21. The molecule has 3 aromatic rings. The van der Waals surface area contributed by atoms with Crippen LogP contribution in [0.2, 0.25) is 0 Å². The van der Waals surface area contributed by atoms with Crippen LogP contribution in [0.5, 0.6) is 5.75 Å². The summed E-state index contributed by atoms with van der Waals surface area (Å²) in [4.78, 5) is 12.0. The van der Waals surface area contributed by atoms with Crippen molar-refractivity contribution in [1.82, 2.24) is 15.5 Å². The van der Waals surface area contributed by atoms with E-state index in [4.69, 9.17) is 10.5 Å². The summed E-state index contributed by atoms with van der Waals surface area (Å²) in [6, 6.07) is 6.34. The number of nitrogens with one attached hydrogen (secondary N) is 1. The molecule has 6 nitrogen and oxygen atoms in total. The second-order valence-electron chi connectivity index (χ2n) is 5.48. The third kappa shape index (κ3) is 2.90. The van der Waals surface area contributed by atoms with E-state index in [0.717, 1.165) is 6.07 Å². The van der Waals surface area contributed by atoms with Crippen LogP contribution < -0.4 is 15.8 Å². The highest BCUT2D eigenvalue weighted by Crippen LogP contribution is 2.38. The van der Waals surface area contributed by atoms with Crippen LogP contribution in [0.25, 0.3) is 22.0 Å². The quantitative estimate of drug-likeness (QED) is 0.748. The number of carbonyl (C=O) groups excluding carboxylic acids is 1. The summed E-state index contributed by atoms with van der Waals surface area (Å²) in [6.07, 6.45) is 0. The Balaban J connectivity index is 2.31. The second kappa shape index (κ2) is 6.91. The van der Waals surface area contributed by atoms with E-state index in [1.54, 1.807) is 6.92 Å². The van der Waals surface area contributed by atoms with Gasteiger partial charge in [-0.25, -0.2) is 8.78 Å². The van der Waals surface area contributed by atoms with Gasteiger partial charge in [-0.2, -0.15) is 0 Å². The van der Waals surface area contributed by atoms with E-state index < -0.39 is 17.5 Å². The highest BCUT2D eigenvalue weighted by atomic mass is 19.1. The van der Waals surface area contributed by atoms with Crippen LogP contribution in [-0.2, 0) is 0 Å². The first kappa shape index (κ1) is 17.5. The van der Waals surface area contributed by atoms with Gasteiger partial charge in [-0.15, -0.1) is 10.2 Å². The molecule has 0 atom stereocenters. The predicted molar refractivity (Wildman–Crippen MR) is 93.9 cm³/mol. The van der Waals surface area contributed by atoms with Crippen LogP contribution in [0.1, 0.15) is 17.4 Å². The Bertz CT molecular complexity index is 1010. The second-order valence-corrected chi connectivity index (χ2v) is 5.48. The van der Waals surface area contributed by atoms with Crippen molar-refractivity contribution in [3.8, 4) is 16.9 Å². The minimum absolute atomic E-state index is 0.000463. The Morgan fingerprint density at radius 3 is 2.69 bits per heavy atom. The van der Waals surface area contributed by atoms with Gasteiger partial charge < -0.3 is 15.8 Å². The van der Waals surface area contributed by atoms with Gasteiger partial charge in [0.2, 0.25) is 0 Å². The molecule has 26 heavy (non-hydrogen) atoms. The summed E-state index contributed by atoms with van der Waals surface area (Å²) in [7, 11) is 1.40. The first-order valence-corrected chi connectivity index (χ1v) is 7.84. The van der Waals surface area contributed by atoms with Crippen molar-refractivity contribution in [2.75, 3.05) is 19.4 Å². The number of ether oxygens (including phenoxy) is 1. The minimum atomic E-state index is -0.638. The lowest BCUT2D eigenvalue weighted by Gasteiger charge is -2.13. The van der Waals surface area contributed by atoms with Gasteiger partial charge in [0.25, 0.3) is 5.91 Å². The number of nitrogen functional groups attached to an aromatic ring is 1. The van der Waals surface area contributed by atoms with Crippen LogP contribution in [0.3, 0.4) is 0 Å². The number of rotatable bonds is 4. The minimum Gasteiger partial charge on any atom is -0.496 e. The van der Waals surface area contributed by atoms with Crippen LogP contribution in [0, 0.1) is 11.6 Å². The van der Waals surface area contributed by atoms with E-state index in [9.17, 15) is 13.6 Å². The molecule has 1 heterocycles. The van der Waals surface area contributed by atoms with Crippen molar-refractivity contribution in [2.24, 2.45) is 0 Å². The van der Waals surface area contributed by atoms with Crippen molar-refractivity contribution in [2.45, 2.75) is 6.92 Å². The van der Waals surface area contributed by atoms with E-state index in [1.165, 1.54) is 31.4 Å². The lowest BCUT2D eigenvalue weighted by molar-refractivity contribution is 0.0951. The molecular weight excluding hydrogens is 342 g/mol. The molecule has 3 rings (SSSR count). The Kier molecular flexibility index (Phi) is 4.66. The lowest BCUT2D eigenvalue weighted by Crippen LogP contribution is -2.25. The van der Waals surface area contributed by atoms with E-state index in [0.29, 0.717) is 11.9 Å². The highest BCUT2D eigenvalue weighted by molar-refractivity contribution is 6.07. The number of amides is 1. The van der Waals surface area contributed by atoms with Gasteiger partial charge in [-0.1, -0.05) is 0 Å². The summed E-state index contributed by atoms with van der Waals surface area (Å²) in [5.74, 6) is -1.41. The average molecular weight is 358 g/mol. The summed E-state index contributed by atoms with van der Waals surface area (Å²) in [6.45, 7) is 2.15. The molecule has 1 aromatic heterocycles. The standard InChI is InChI=1S/C18H16F2N4O2/c1-3-22-18(25)17-15(21)10-5-6-12(20)14(16(10)23-24-17)11-8-9(19)4-7-13(11)26-2/h4-8H,3H2,1-2H3,(H2,21,23)(H,22,25). The average Bonchev–Trinajstić information content (AvgIpc) is 2.62. The zero-order chi connectivity index (χ0) is 18.8.